The van der Waals surface area contributed by atoms with Gasteiger partial charge in [0.05, 0.1) is 0 Å². The Hall–Kier alpha value is -2.73. The van der Waals surface area contributed by atoms with Crippen LogP contribution in [0.5, 0.6) is 5.75 Å². The summed E-state index contributed by atoms with van der Waals surface area (Å²) in [5.74, 6) is 0.570. The van der Waals surface area contributed by atoms with Crippen LogP contribution in [0.4, 0.5) is 0 Å². The third-order valence-corrected chi connectivity index (χ3v) is 4.28. The van der Waals surface area contributed by atoms with Crippen molar-refractivity contribution in [1.29, 1.82) is 0 Å². The molecule has 5 nitrogen and oxygen atoms in total. The Kier molecular flexibility index (Phi) is 6.33. The van der Waals surface area contributed by atoms with Crippen molar-refractivity contribution in [2.24, 2.45) is 0 Å². The van der Waals surface area contributed by atoms with E-state index in [-0.39, 0.29) is 12.5 Å². The highest BCUT2D eigenvalue weighted by molar-refractivity contribution is 9.10. The molecule has 0 N–H and O–H groups in total. The van der Waals surface area contributed by atoms with E-state index >= 15 is 0 Å². The maximum absolute atomic E-state index is 12.7. The molecule has 3 rings (SSSR count). The first-order valence-electron chi connectivity index (χ1n) is 8.14. The van der Waals surface area contributed by atoms with E-state index in [1.54, 1.807) is 29.7 Å². The highest BCUT2D eigenvalue weighted by Gasteiger charge is 2.15. The summed E-state index contributed by atoms with van der Waals surface area (Å²) in [6, 6.07) is 15.0. The van der Waals surface area contributed by atoms with Gasteiger partial charge < -0.3 is 9.64 Å². The van der Waals surface area contributed by atoms with Gasteiger partial charge in [0.1, 0.15) is 5.75 Å². The van der Waals surface area contributed by atoms with E-state index in [4.69, 9.17) is 4.74 Å². The molecule has 0 saturated carbocycles. The Bertz CT molecular complexity index is 785. The van der Waals surface area contributed by atoms with Crippen molar-refractivity contribution < 1.29 is 9.53 Å². The van der Waals surface area contributed by atoms with Crippen LogP contribution < -0.4 is 4.74 Å². The van der Waals surface area contributed by atoms with Crippen molar-refractivity contribution in [2.45, 2.75) is 13.1 Å². The van der Waals surface area contributed by atoms with Crippen LogP contribution in [0.3, 0.4) is 0 Å². The van der Waals surface area contributed by atoms with Crippen molar-refractivity contribution in [3.63, 3.8) is 0 Å². The molecule has 0 aliphatic rings. The minimum atomic E-state index is -0.0893. The van der Waals surface area contributed by atoms with Crippen LogP contribution in [0.15, 0.2) is 77.8 Å². The van der Waals surface area contributed by atoms with Crippen LogP contribution in [0.25, 0.3) is 0 Å². The number of halogens is 1. The minimum absolute atomic E-state index is 0.0209. The number of hydrogen-bond acceptors (Lipinski definition) is 4. The highest BCUT2D eigenvalue weighted by Crippen LogP contribution is 2.16. The van der Waals surface area contributed by atoms with Gasteiger partial charge in [0, 0.05) is 42.3 Å². The molecule has 0 saturated heterocycles. The molecular weight excluding hydrogens is 394 g/mol. The second-order valence-corrected chi connectivity index (χ2v) is 6.62. The molecule has 2 heterocycles. The number of hydrogen-bond donors (Lipinski definition) is 0. The molecular formula is C20H18BrN3O2. The second-order valence-electron chi connectivity index (χ2n) is 5.71. The highest BCUT2D eigenvalue weighted by atomic mass is 79.9. The zero-order valence-electron chi connectivity index (χ0n) is 14.1. The minimum Gasteiger partial charge on any atom is -0.484 e. The molecule has 132 valence electrons. The van der Waals surface area contributed by atoms with Gasteiger partial charge >= 0.3 is 0 Å². The lowest BCUT2D eigenvalue weighted by Crippen LogP contribution is -2.34. The lowest BCUT2D eigenvalue weighted by atomic mass is 10.2. The molecule has 6 heteroatoms. The maximum atomic E-state index is 12.7. The fourth-order valence-electron chi connectivity index (χ4n) is 2.42. The van der Waals surface area contributed by atoms with E-state index in [0.29, 0.717) is 18.8 Å². The van der Waals surface area contributed by atoms with Crippen molar-refractivity contribution in [1.82, 2.24) is 14.9 Å². The van der Waals surface area contributed by atoms with Crippen LogP contribution in [0.2, 0.25) is 0 Å². The van der Waals surface area contributed by atoms with E-state index < -0.39 is 0 Å². The van der Waals surface area contributed by atoms with E-state index in [0.717, 1.165) is 15.6 Å². The second kappa shape index (κ2) is 9.10. The normalized spacial score (nSPS) is 10.3. The summed E-state index contributed by atoms with van der Waals surface area (Å²) >= 11 is 3.38. The van der Waals surface area contributed by atoms with Gasteiger partial charge in [0.15, 0.2) is 6.61 Å². The Labute approximate surface area is 160 Å². The number of rotatable bonds is 7. The van der Waals surface area contributed by atoms with Gasteiger partial charge in [-0.15, -0.1) is 0 Å². The van der Waals surface area contributed by atoms with Gasteiger partial charge in [0.2, 0.25) is 0 Å². The third-order valence-electron chi connectivity index (χ3n) is 3.75. The van der Waals surface area contributed by atoms with Crippen LogP contribution in [0, 0.1) is 0 Å². The van der Waals surface area contributed by atoms with Crippen molar-refractivity contribution in [3.05, 3.63) is 88.9 Å². The summed E-state index contributed by atoms with van der Waals surface area (Å²) in [5, 5.41) is 0. The van der Waals surface area contributed by atoms with E-state index in [1.807, 2.05) is 48.5 Å². The molecule has 0 radical (unpaired) electrons. The summed E-state index contributed by atoms with van der Waals surface area (Å²) < 4.78 is 6.60. The SMILES string of the molecule is O=C(COc1ccc(Br)cc1)N(Cc1ccncc1)Cc1cccnc1. The van der Waals surface area contributed by atoms with E-state index in [1.165, 1.54) is 0 Å². The summed E-state index contributed by atoms with van der Waals surface area (Å²) in [6.07, 6.45) is 6.93. The topological polar surface area (TPSA) is 55.3 Å². The van der Waals surface area contributed by atoms with Gasteiger partial charge in [-0.1, -0.05) is 22.0 Å². The van der Waals surface area contributed by atoms with Gasteiger partial charge in [-0.2, -0.15) is 0 Å². The summed E-state index contributed by atoms with van der Waals surface area (Å²) in [5.41, 5.74) is 1.99. The number of pyridine rings is 2. The molecule has 0 aliphatic carbocycles. The summed E-state index contributed by atoms with van der Waals surface area (Å²) in [6.45, 7) is 0.936. The number of carbonyl (C=O) groups excluding carboxylic acids is 1. The van der Waals surface area contributed by atoms with Crippen molar-refractivity contribution >= 4 is 21.8 Å². The van der Waals surface area contributed by atoms with Gasteiger partial charge in [-0.3, -0.25) is 14.8 Å². The van der Waals surface area contributed by atoms with Gasteiger partial charge in [-0.25, -0.2) is 0 Å². The molecule has 2 aromatic heterocycles. The molecule has 0 unspecified atom stereocenters. The van der Waals surface area contributed by atoms with Crippen molar-refractivity contribution in [3.8, 4) is 5.75 Å². The van der Waals surface area contributed by atoms with Gasteiger partial charge in [0.25, 0.3) is 5.91 Å². The number of carbonyl (C=O) groups is 1. The van der Waals surface area contributed by atoms with E-state index in [9.17, 15) is 4.79 Å². The van der Waals surface area contributed by atoms with Crippen molar-refractivity contribution in [2.75, 3.05) is 6.61 Å². The molecule has 0 atom stereocenters. The smallest absolute Gasteiger partial charge is 0.261 e. The first-order chi connectivity index (χ1) is 12.7. The van der Waals surface area contributed by atoms with Crippen LogP contribution in [-0.2, 0) is 17.9 Å². The van der Waals surface area contributed by atoms with E-state index in [2.05, 4.69) is 25.9 Å². The first kappa shape index (κ1) is 18.1. The lowest BCUT2D eigenvalue weighted by molar-refractivity contribution is -0.134. The number of aromatic nitrogens is 2. The maximum Gasteiger partial charge on any atom is 0.261 e. The average molecular weight is 412 g/mol. The number of benzene rings is 1. The first-order valence-corrected chi connectivity index (χ1v) is 8.94. The Morgan fingerprint density at radius 3 is 2.35 bits per heavy atom. The van der Waals surface area contributed by atoms with Crippen LogP contribution in [-0.4, -0.2) is 27.4 Å². The Morgan fingerprint density at radius 2 is 1.65 bits per heavy atom. The summed E-state index contributed by atoms with van der Waals surface area (Å²) in [7, 11) is 0. The monoisotopic (exact) mass is 411 g/mol. The zero-order chi connectivity index (χ0) is 18.2. The number of amides is 1. The zero-order valence-corrected chi connectivity index (χ0v) is 15.7. The predicted molar refractivity (Wildman–Crippen MR) is 102 cm³/mol. The molecule has 0 fully saturated rings. The molecule has 3 aromatic rings. The lowest BCUT2D eigenvalue weighted by Gasteiger charge is -2.23. The largest absolute Gasteiger partial charge is 0.484 e. The Morgan fingerprint density at radius 1 is 0.923 bits per heavy atom. The molecule has 1 aromatic carbocycles. The molecule has 0 bridgehead atoms. The average Bonchev–Trinajstić information content (AvgIpc) is 2.68. The molecule has 1 amide bonds. The Balaban J connectivity index is 1.68. The molecule has 26 heavy (non-hydrogen) atoms. The quantitative estimate of drug-likeness (QED) is 0.592. The van der Waals surface area contributed by atoms with Crippen LogP contribution in [0.1, 0.15) is 11.1 Å². The van der Waals surface area contributed by atoms with Gasteiger partial charge in [-0.05, 0) is 53.6 Å². The molecule has 0 aliphatic heterocycles. The standard InChI is InChI=1S/C20H18BrN3O2/c21-18-3-5-19(6-4-18)26-15-20(25)24(13-16-7-10-22-11-8-16)14-17-2-1-9-23-12-17/h1-12H,13-15H2. The fourth-order valence-corrected chi connectivity index (χ4v) is 2.68. The fraction of sp³-hybridized carbons (Fsp3) is 0.150. The number of nitrogens with zero attached hydrogens (tertiary/aromatic N) is 3. The third kappa shape index (κ3) is 5.39. The molecule has 0 spiro atoms. The van der Waals surface area contributed by atoms with Crippen LogP contribution >= 0.6 is 15.9 Å². The number of ether oxygens (including phenoxy) is 1. The predicted octanol–water partition coefficient (Wildman–Crippen LogP) is 3.85. The summed E-state index contributed by atoms with van der Waals surface area (Å²) in [4.78, 5) is 22.6.